The molecule has 0 saturated carbocycles. The normalized spacial score (nSPS) is 12.6. The second-order valence-electron chi connectivity index (χ2n) is 6.57. The minimum atomic E-state index is -3.54. The maximum Gasteiger partial charge on any atom is 0.293 e. The van der Waals surface area contributed by atoms with Gasteiger partial charge in [-0.3, -0.25) is 14.9 Å². The number of ketones is 1. The van der Waals surface area contributed by atoms with Crippen LogP contribution in [-0.2, 0) is 10.0 Å². The number of carbonyl (C=O) groups is 1. The van der Waals surface area contributed by atoms with Gasteiger partial charge in [0.2, 0.25) is 10.0 Å². The molecule has 0 aliphatic rings. The molecular weight excluding hydrogens is 394 g/mol. The summed E-state index contributed by atoms with van der Waals surface area (Å²) in [6.07, 6.45) is 0. The highest BCUT2D eigenvalue weighted by molar-refractivity contribution is 7.89. The summed E-state index contributed by atoms with van der Waals surface area (Å²) in [5.74, 6) is -0.252. The Bertz CT molecular complexity index is 999. The molecule has 0 saturated heterocycles. The van der Waals surface area contributed by atoms with Crippen molar-refractivity contribution in [2.75, 3.05) is 18.4 Å². The molecule has 2 rings (SSSR count). The molecule has 2 aromatic carbocycles. The van der Waals surface area contributed by atoms with Gasteiger partial charge in [0.15, 0.2) is 5.78 Å². The number of benzene rings is 2. The molecule has 0 fully saturated rings. The number of sulfonamides is 1. The van der Waals surface area contributed by atoms with Gasteiger partial charge in [0.1, 0.15) is 5.69 Å². The molecule has 156 valence electrons. The number of Topliss-reactive ketones (excluding diaryl/α,β-unsaturated/α-hetero) is 1. The largest absolute Gasteiger partial charge is 0.373 e. The summed E-state index contributed by atoms with van der Waals surface area (Å²) in [7, 11) is -3.54. The van der Waals surface area contributed by atoms with Gasteiger partial charge in [0, 0.05) is 30.8 Å². The second kappa shape index (κ2) is 9.15. The van der Waals surface area contributed by atoms with E-state index in [-0.39, 0.29) is 33.7 Å². The van der Waals surface area contributed by atoms with Gasteiger partial charge < -0.3 is 5.32 Å². The summed E-state index contributed by atoms with van der Waals surface area (Å²) in [6.45, 7) is 7.51. The Morgan fingerprint density at radius 2 is 1.72 bits per heavy atom. The summed E-state index contributed by atoms with van der Waals surface area (Å²) >= 11 is 0. The van der Waals surface area contributed by atoms with E-state index in [1.165, 1.54) is 41.6 Å². The third kappa shape index (κ3) is 4.99. The maximum atomic E-state index is 12.6. The number of carbonyl (C=O) groups excluding carboxylic acids is 1. The molecule has 0 radical (unpaired) electrons. The number of nitrogens with one attached hydrogen (secondary N) is 1. The summed E-state index contributed by atoms with van der Waals surface area (Å²) < 4.78 is 26.5. The molecular formula is C20H25N3O5S. The standard InChI is InChI=1S/C20H25N3O5S/c1-5-22(6-2)29(27,28)18-10-7-16(8-11-18)14(3)21-19-12-9-17(15(4)24)13-20(19)23(25)26/h7-14,21H,5-6H2,1-4H3/t14-/m0/s1. The van der Waals surface area contributed by atoms with E-state index in [0.717, 1.165) is 5.56 Å². The van der Waals surface area contributed by atoms with Crippen molar-refractivity contribution in [1.29, 1.82) is 0 Å². The van der Waals surface area contributed by atoms with Crippen LogP contribution < -0.4 is 5.32 Å². The van der Waals surface area contributed by atoms with Crippen LogP contribution in [0.1, 0.15) is 49.7 Å². The molecule has 0 unspecified atom stereocenters. The zero-order valence-electron chi connectivity index (χ0n) is 16.9. The van der Waals surface area contributed by atoms with E-state index in [1.807, 2.05) is 6.92 Å². The lowest BCUT2D eigenvalue weighted by molar-refractivity contribution is -0.384. The summed E-state index contributed by atoms with van der Waals surface area (Å²) in [5.41, 5.74) is 1.13. The van der Waals surface area contributed by atoms with Crippen molar-refractivity contribution in [3.05, 3.63) is 63.7 Å². The van der Waals surface area contributed by atoms with Gasteiger partial charge in [0.05, 0.1) is 9.82 Å². The smallest absolute Gasteiger partial charge is 0.293 e. The summed E-state index contributed by atoms with van der Waals surface area (Å²) in [5, 5.41) is 14.4. The average Bonchev–Trinajstić information content (AvgIpc) is 2.68. The zero-order valence-corrected chi connectivity index (χ0v) is 17.7. The number of hydrogen-bond acceptors (Lipinski definition) is 6. The van der Waals surface area contributed by atoms with E-state index in [0.29, 0.717) is 13.1 Å². The zero-order chi connectivity index (χ0) is 21.8. The first-order valence-electron chi connectivity index (χ1n) is 9.27. The van der Waals surface area contributed by atoms with Crippen LogP contribution in [0.2, 0.25) is 0 Å². The van der Waals surface area contributed by atoms with Crippen LogP contribution in [-0.4, -0.2) is 36.5 Å². The molecule has 9 heteroatoms. The lowest BCUT2D eigenvalue weighted by atomic mass is 10.1. The third-order valence-electron chi connectivity index (χ3n) is 4.70. The highest BCUT2D eigenvalue weighted by Gasteiger charge is 2.22. The number of nitrogens with zero attached hydrogens (tertiary/aromatic N) is 2. The lowest BCUT2D eigenvalue weighted by Gasteiger charge is -2.20. The monoisotopic (exact) mass is 419 g/mol. The van der Waals surface area contributed by atoms with Gasteiger partial charge in [0.25, 0.3) is 5.69 Å². The van der Waals surface area contributed by atoms with Crippen molar-refractivity contribution < 1.29 is 18.1 Å². The van der Waals surface area contributed by atoms with Crippen LogP contribution in [0.25, 0.3) is 0 Å². The predicted octanol–water partition coefficient (Wildman–Crippen LogP) is 4.00. The van der Waals surface area contributed by atoms with Crippen LogP contribution in [0.15, 0.2) is 47.4 Å². The molecule has 0 bridgehead atoms. The van der Waals surface area contributed by atoms with Crippen LogP contribution in [0.4, 0.5) is 11.4 Å². The van der Waals surface area contributed by atoms with Gasteiger partial charge in [-0.05, 0) is 43.7 Å². The molecule has 1 atom stereocenters. The van der Waals surface area contributed by atoms with Crippen LogP contribution in [0, 0.1) is 10.1 Å². The highest BCUT2D eigenvalue weighted by atomic mass is 32.2. The number of rotatable bonds is 9. The molecule has 0 amide bonds. The maximum absolute atomic E-state index is 12.6. The molecule has 2 aromatic rings. The highest BCUT2D eigenvalue weighted by Crippen LogP contribution is 2.30. The number of anilines is 1. The van der Waals surface area contributed by atoms with E-state index in [4.69, 9.17) is 0 Å². The Balaban J connectivity index is 2.27. The van der Waals surface area contributed by atoms with Crippen molar-refractivity contribution >= 4 is 27.2 Å². The SMILES string of the molecule is CCN(CC)S(=O)(=O)c1ccc([C@H](C)Nc2ccc(C(C)=O)cc2[N+](=O)[O-])cc1. The van der Waals surface area contributed by atoms with Gasteiger partial charge in [-0.15, -0.1) is 0 Å². The Labute approximate surface area is 170 Å². The number of hydrogen-bond donors (Lipinski definition) is 1. The van der Waals surface area contributed by atoms with Gasteiger partial charge >= 0.3 is 0 Å². The first-order chi connectivity index (χ1) is 13.6. The fourth-order valence-electron chi connectivity index (χ4n) is 2.98. The Kier molecular flexibility index (Phi) is 7.10. The fourth-order valence-corrected chi connectivity index (χ4v) is 4.44. The number of nitro groups is 1. The van der Waals surface area contributed by atoms with Crippen LogP contribution in [0.5, 0.6) is 0 Å². The topological polar surface area (TPSA) is 110 Å². The molecule has 0 heterocycles. The first kappa shape index (κ1) is 22.5. The van der Waals surface area contributed by atoms with Crippen molar-refractivity contribution in [3.63, 3.8) is 0 Å². The van der Waals surface area contributed by atoms with Crippen molar-refractivity contribution in [2.24, 2.45) is 0 Å². The third-order valence-corrected chi connectivity index (χ3v) is 6.76. The van der Waals surface area contributed by atoms with Crippen molar-refractivity contribution in [3.8, 4) is 0 Å². The van der Waals surface area contributed by atoms with E-state index in [9.17, 15) is 23.3 Å². The number of nitro benzene ring substituents is 1. The Hall–Kier alpha value is -2.78. The predicted molar refractivity (Wildman–Crippen MR) is 112 cm³/mol. The Morgan fingerprint density at radius 1 is 1.14 bits per heavy atom. The van der Waals surface area contributed by atoms with Gasteiger partial charge in [-0.25, -0.2) is 8.42 Å². The first-order valence-corrected chi connectivity index (χ1v) is 10.7. The van der Waals surface area contributed by atoms with E-state index in [1.54, 1.807) is 26.0 Å². The molecule has 8 nitrogen and oxygen atoms in total. The minimum Gasteiger partial charge on any atom is -0.373 e. The molecule has 0 aliphatic carbocycles. The summed E-state index contributed by atoms with van der Waals surface area (Å²) in [6, 6.07) is 10.4. The molecule has 0 aliphatic heterocycles. The van der Waals surface area contributed by atoms with Crippen LogP contribution >= 0.6 is 0 Å². The van der Waals surface area contributed by atoms with E-state index >= 15 is 0 Å². The Morgan fingerprint density at radius 3 is 2.21 bits per heavy atom. The quantitative estimate of drug-likeness (QED) is 0.374. The molecule has 0 aromatic heterocycles. The van der Waals surface area contributed by atoms with E-state index in [2.05, 4.69) is 5.32 Å². The minimum absolute atomic E-state index is 0.190. The van der Waals surface area contributed by atoms with Gasteiger partial charge in [-0.2, -0.15) is 4.31 Å². The van der Waals surface area contributed by atoms with Crippen molar-refractivity contribution in [1.82, 2.24) is 4.31 Å². The molecule has 1 N–H and O–H groups in total. The van der Waals surface area contributed by atoms with E-state index < -0.39 is 14.9 Å². The van der Waals surface area contributed by atoms with Crippen LogP contribution in [0.3, 0.4) is 0 Å². The average molecular weight is 420 g/mol. The van der Waals surface area contributed by atoms with Gasteiger partial charge in [-0.1, -0.05) is 26.0 Å². The summed E-state index contributed by atoms with van der Waals surface area (Å²) in [4.78, 5) is 22.5. The fraction of sp³-hybridized carbons (Fsp3) is 0.350. The lowest BCUT2D eigenvalue weighted by Crippen LogP contribution is -2.30. The second-order valence-corrected chi connectivity index (χ2v) is 8.51. The van der Waals surface area contributed by atoms with Crippen molar-refractivity contribution in [2.45, 2.75) is 38.6 Å². The molecule has 0 spiro atoms. The molecule has 29 heavy (non-hydrogen) atoms.